The number of nitrogens with zero attached hydrogens (tertiary/aromatic N) is 2. The van der Waals surface area contributed by atoms with E-state index < -0.39 is 16.4 Å². The van der Waals surface area contributed by atoms with Crippen molar-refractivity contribution in [1.29, 1.82) is 0 Å². The Balaban J connectivity index is 1.97. The maximum absolute atomic E-state index is 13.7. The SMILES string of the molecule is CC(C)(C)OC(=O)N1CCC(NC2=CCC(Cl)=C(F)C=C2[N+](=O)[O-])CC1. The highest BCUT2D eigenvalue weighted by Crippen LogP contribution is 2.26. The molecule has 0 bridgehead atoms. The zero-order valence-corrected chi connectivity index (χ0v) is 15.8. The van der Waals surface area contributed by atoms with Crippen molar-refractivity contribution in [3.63, 3.8) is 0 Å². The van der Waals surface area contributed by atoms with Crippen molar-refractivity contribution in [2.24, 2.45) is 0 Å². The van der Waals surface area contributed by atoms with Gasteiger partial charge in [0.25, 0.3) is 5.70 Å². The Morgan fingerprint density at radius 1 is 1.42 bits per heavy atom. The van der Waals surface area contributed by atoms with Crippen LogP contribution in [-0.2, 0) is 4.74 Å². The van der Waals surface area contributed by atoms with Crippen LogP contribution in [0.2, 0.25) is 0 Å². The Kier molecular flexibility index (Phi) is 6.28. The lowest BCUT2D eigenvalue weighted by Crippen LogP contribution is -2.46. The summed E-state index contributed by atoms with van der Waals surface area (Å²) in [5.74, 6) is -0.800. The van der Waals surface area contributed by atoms with E-state index in [1.54, 1.807) is 4.90 Å². The van der Waals surface area contributed by atoms with Gasteiger partial charge < -0.3 is 15.0 Å². The van der Waals surface area contributed by atoms with Crippen LogP contribution in [0.5, 0.6) is 0 Å². The third-order valence-corrected chi connectivity index (χ3v) is 4.32. The Bertz CT molecular complexity index is 674. The summed E-state index contributed by atoms with van der Waals surface area (Å²) >= 11 is 5.76. The molecule has 26 heavy (non-hydrogen) atoms. The first-order valence-electron chi connectivity index (χ1n) is 8.42. The molecule has 1 amide bonds. The first-order valence-corrected chi connectivity index (χ1v) is 8.80. The summed E-state index contributed by atoms with van der Waals surface area (Å²) < 4.78 is 19.1. The molecular weight excluding hydrogens is 365 g/mol. The number of amides is 1. The van der Waals surface area contributed by atoms with Gasteiger partial charge in [-0.1, -0.05) is 11.6 Å². The molecule has 1 fully saturated rings. The van der Waals surface area contributed by atoms with Gasteiger partial charge in [0, 0.05) is 25.6 Å². The minimum atomic E-state index is -0.800. The predicted molar refractivity (Wildman–Crippen MR) is 95.7 cm³/mol. The molecule has 7 nitrogen and oxygen atoms in total. The lowest BCUT2D eigenvalue weighted by molar-refractivity contribution is -0.421. The van der Waals surface area contributed by atoms with Gasteiger partial charge in [-0.05, 0) is 39.7 Å². The number of piperidine rings is 1. The van der Waals surface area contributed by atoms with Gasteiger partial charge in [-0.25, -0.2) is 9.18 Å². The molecule has 144 valence electrons. The number of rotatable bonds is 3. The quantitative estimate of drug-likeness (QED) is 0.587. The Labute approximate surface area is 156 Å². The van der Waals surface area contributed by atoms with Crippen LogP contribution in [0.15, 0.2) is 34.4 Å². The van der Waals surface area contributed by atoms with Gasteiger partial charge in [0.05, 0.1) is 16.0 Å². The molecule has 0 aromatic carbocycles. The third kappa shape index (κ3) is 5.45. The number of carbonyl (C=O) groups excluding carboxylic acids is 1. The number of nitrogens with one attached hydrogen (secondary N) is 1. The molecule has 0 radical (unpaired) electrons. The van der Waals surface area contributed by atoms with Crippen molar-refractivity contribution in [3.05, 3.63) is 44.5 Å². The van der Waals surface area contributed by atoms with Gasteiger partial charge >= 0.3 is 6.09 Å². The van der Waals surface area contributed by atoms with Crippen LogP contribution in [-0.4, -0.2) is 40.6 Å². The topological polar surface area (TPSA) is 84.7 Å². The number of hydrogen-bond donors (Lipinski definition) is 1. The van der Waals surface area contributed by atoms with Crippen molar-refractivity contribution < 1.29 is 18.8 Å². The van der Waals surface area contributed by atoms with E-state index in [2.05, 4.69) is 5.32 Å². The second kappa shape index (κ2) is 8.07. The van der Waals surface area contributed by atoms with E-state index in [1.165, 1.54) is 6.08 Å². The van der Waals surface area contributed by atoms with Crippen LogP contribution < -0.4 is 5.32 Å². The zero-order chi connectivity index (χ0) is 19.5. The fraction of sp³-hybridized carbons (Fsp3) is 0.588. The van der Waals surface area contributed by atoms with Crippen molar-refractivity contribution in [3.8, 4) is 0 Å². The average Bonchev–Trinajstić information content (AvgIpc) is 2.67. The van der Waals surface area contributed by atoms with Gasteiger partial charge in [0.1, 0.15) is 17.1 Å². The summed E-state index contributed by atoms with van der Waals surface area (Å²) in [7, 11) is 0. The van der Waals surface area contributed by atoms with E-state index in [0.29, 0.717) is 25.9 Å². The van der Waals surface area contributed by atoms with Crippen LogP contribution in [0.25, 0.3) is 0 Å². The van der Waals surface area contributed by atoms with Gasteiger partial charge in [-0.2, -0.15) is 0 Å². The van der Waals surface area contributed by atoms with E-state index in [4.69, 9.17) is 16.3 Å². The fourth-order valence-electron chi connectivity index (χ4n) is 2.71. The van der Waals surface area contributed by atoms with Crippen LogP contribution >= 0.6 is 11.6 Å². The number of carbonyl (C=O) groups is 1. The molecule has 9 heteroatoms. The zero-order valence-electron chi connectivity index (χ0n) is 15.1. The van der Waals surface area contributed by atoms with Crippen LogP contribution in [0.3, 0.4) is 0 Å². The summed E-state index contributed by atoms with van der Waals surface area (Å²) in [4.78, 5) is 24.3. The Morgan fingerprint density at radius 3 is 2.58 bits per heavy atom. The highest BCUT2D eigenvalue weighted by Gasteiger charge is 2.29. The molecule has 2 aliphatic rings. The lowest BCUT2D eigenvalue weighted by Gasteiger charge is -2.34. The number of ether oxygens (including phenoxy) is 1. The number of likely N-dealkylation sites (tertiary alicyclic amines) is 1. The summed E-state index contributed by atoms with van der Waals surface area (Å²) in [5.41, 5.74) is -0.664. The predicted octanol–water partition coefficient (Wildman–Crippen LogP) is 3.84. The first kappa shape index (κ1) is 20.2. The van der Waals surface area contributed by atoms with E-state index in [9.17, 15) is 19.3 Å². The Morgan fingerprint density at radius 2 is 2.04 bits per heavy atom. The molecule has 1 N–H and O–H groups in total. The minimum Gasteiger partial charge on any atom is -0.444 e. The molecule has 0 aromatic heterocycles. The monoisotopic (exact) mass is 387 g/mol. The molecular formula is C17H23ClFN3O4. The molecule has 1 aliphatic carbocycles. The lowest BCUT2D eigenvalue weighted by atomic mass is 10.0. The second-order valence-corrected chi connectivity index (χ2v) is 7.70. The Hall–Kier alpha value is -2.09. The number of allylic oxidation sites excluding steroid dienone is 4. The van der Waals surface area contributed by atoms with Crippen LogP contribution in [0.1, 0.15) is 40.0 Å². The highest BCUT2D eigenvalue weighted by molar-refractivity contribution is 6.30. The van der Waals surface area contributed by atoms with E-state index in [0.717, 1.165) is 6.08 Å². The smallest absolute Gasteiger partial charge is 0.410 e. The summed E-state index contributed by atoms with van der Waals surface area (Å²) in [5, 5.41) is 14.3. The van der Waals surface area contributed by atoms with Crippen molar-refractivity contribution in [2.45, 2.75) is 51.7 Å². The number of nitro groups is 1. The third-order valence-electron chi connectivity index (χ3n) is 3.99. The molecule has 0 unspecified atom stereocenters. The standard InChI is InChI=1S/C17H23ClFN3O4/c1-17(2,3)26-16(23)21-8-6-11(7-9-21)20-14-5-4-12(18)13(19)10-15(14)22(24)25/h5,10-11,20H,4,6-9H2,1-3H3. The molecule has 1 saturated heterocycles. The first-order chi connectivity index (χ1) is 12.1. The van der Waals surface area contributed by atoms with Crippen LogP contribution in [0, 0.1) is 10.1 Å². The fourth-order valence-corrected chi connectivity index (χ4v) is 2.84. The second-order valence-electron chi connectivity index (χ2n) is 7.25. The summed E-state index contributed by atoms with van der Waals surface area (Å²) in [6.07, 6.45) is 3.28. The maximum atomic E-state index is 13.7. The van der Waals surface area contributed by atoms with E-state index in [1.807, 2.05) is 20.8 Å². The van der Waals surface area contributed by atoms with Gasteiger partial charge in [-0.15, -0.1) is 0 Å². The normalized spacial score (nSPS) is 19.5. The summed E-state index contributed by atoms with van der Waals surface area (Å²) in [6.45, 7) is 6.37. The molecule has 1 aliphatic heterocycles. The van der Waals surface area contributed by atoms with Gasteiger partial charge in [0.2, 0.25) is 0 Å². The molecule has 2 rings (SSSR count). The highest BCUT2D eigenvalue weighted by atomic mass is 35.5. The van der Waals surface area contributed by atoms with Crippen LogP contribution in [0.4, 0.5) is 9.18 Å². The molecule has 0 saturated carbocycles. The molecule has 0 spiro atoms. The maximum Gasteiger partial charge on any atom is 0.410 e. The van der Waals surface area contributed by atoms with Gasteiger partial charge in [-0.3, -0.25) is 10.1 Å². The van der Waals surface area contributed by atoms with Crippen molar-refractivity contribution in [1.82, 2.24) is 10.2 Å². The van der Waals surface area contributed by atoms with Crippen molar-refractivity contribution >= 4 is 17.7 Å². The summed E-state index contributed by atoms with van der Waals surface area (Å²) in [6, 6.07) is -0.0665. The largest absolute Gasteiger partial charge is 0.444 e. The van der Waals surface area contributed by atoms with E-state index >= 15 is 0 Å². The number of hydrogen-bond acceptors (Lipinski definition) is 5. The van der Waals surface area contributed by atoms with Crippen molar-refractivity contribution in [2.75, 3.05) is 13.1 Å². The molecule has 1 heterocycles. The molecule has 0 atom stereocenters. The van der Waals surface area contributed by atoms with Gasteiger partial charge in [0.15, 0.2) is 0 Å². The molecule has 0 aromatic rings. The minimum absolute atomic E-state index is 0.0665. The van der Waals surface area contributed by atoms with E-state index in [-0.39, 0.29) is 35.0 Å². The average molecular weight is 388 g/mol. The number of halogens is 2.